The van der Waals surface area contributed by atoms with Crippen LogP contribution in [0.2, 0.25) is 0 Å². The van der Waals surface area contributed by atoms with Crippen molar-refractivity contribution in [3.05, 3.63) is 29.8 Å². The molecule has 1 unspecified atom stereocenters. The molecule has 0 aliphatic carbocycles. The highest BCUT2D eigenvalue weighted by atomic mass is 35.5. The molecule has 5 heteroatoms. The molecule has 3 nitrogen and oxygen atoms in total. The first-order chi connectivity index (χ1) is 9.40. The van der Waals surface area contributed by atoms with Crippen LogP contribution in [0.4, 0.5) is 0 Å². The highest BCUT2D eigenvalue weighted by molar-refractivity contribution is 8.00. The van der Waals surface area contributed by atoms with E-state index in [1.807, 2.05) is 7.05 Å². The van der Waals surface area contributed by atoms with Gasteiger partial charge in [-0.05, 0) is 31.4 Å². The number of carbonyl (C=O) groups is 1. The Morgan fingerprint density at radius 3 is 2.38 bits per heavy atom. The standard InChI is InChI=1S/C16H26N2OS.ClH/c1-12(2)15(17)9-10-18(4)16(19)11-20-14-7-5-13(3)6-8-14;/h5-8,12,15H,9-11,17H2,1-4H3;1H. The second-order valence-electron chi connectivity index (χ2n) is 5.61. The van der Waals surface area contributed by atoms with E-state index in [1.165, 1.54) is 5.56 Å². The average Bonchev–Trinajstić information content (AvgIpc) is 2.43. The molecule has 0 saturated heterocycles. The fourth-order valence-electron chi connectivity index (χ4n) is 1.69. The number of carbonyl (C=O) groups excluding carboxylic acids is 1. The highest BCUT2D eigenvalue weighted by Gasteiger charge is 2.13. The van der Waals surface area contributed by atoms with Gasteiger partial charge in [0.15, 0.2) is 0 Å². The summed E-state index contributed by atoms with van der Waals surface area (Å²) < 4.78 is 0. The Labute approximate surface area is 139 Å². The summed E-state index contributed by atoms with van der Waals surface area (Å²) in [5.41, 5.74) is 7.24. The van der Waals surface area contributed by atoms with Gasteiger partial charge in [-0.25, -0.2) is 0 Å². The van der Waals surface area contributed by atoms with Crippen LogP contribution in [0.15, 0.2) is 29.2 Å². The van der Waals surface area contributed by atoms with Crippen LogP contribution < -0.4 is 5.73 Å². The van der Waals surface area contributed by atoms with E-state index in [4.69, 9.17) is 5.73 Å². The summed E-state index contributed by atoms with van der Waals surface area (Å²) in [4.78, 5) is 14.9. The lowest BCUT2D eigenvalue weighted by atomic mass is 10.0. The van der Waals surface area contributed by atoms with E-state index < -0.39 is 0 Å². The Morgan fingerprint density at radius 1 is 1.29 bits per heavy atom. The Morgan fingerprint density at radius 2 is 1.86 bits per heavy atom. The van der Waals surface area contributed by atoms with Crippen LogP contribution >= 0.6 is 24.2 Å². The van der Waals surface area contributed by atoms with Gasteiger partial charge >= 0.3 is 0 Å². The maximum atomic E-state index is 12.0. The molecule has 1 aromatic carbocycles. The van der Waals surface area contributed by atoms with Crippen LogP contribution in [0.3, 0.4) is 0 Å². The van der Waals surface area contributed by atoms with E-state index in [2.05, 4.69) is 45.0 Å². The molecule has 0 aliphatic heterocycles. The van der Waals surface area contributed by atoms with Crippen molar-refractivity contribution in [2.24, 2.45) is 11.7 Å². The highest BCUT2D eigenvalue weighted by Crippen LogP contribution is 2.18. The zero-order valence-electron chi connectivity index (χ0n) is 13.3. The van der Waals surface area contributed by atoms with E-state index in [1.54, 1.807) is 16.7 Å². The first-order valence-corrected chi connectivity index (χ1v) is 8.07. The van der Waals surface area contributed by atoms with Gasteiger partial charge in [-0.1, -0.05) is 31.5 Å². The molecule has 120 valence electrons. The molecule has 1 aromatic rings. The summed E-state index contributed by atoms with van der Waals surface area (Å²) >= 11 is 1.58. The minimum atomic E-state index is 0. The largest absolute Gasteiger partial charge is 0.345 e. The molecule has 1 rings (SSSR count). The fraction of sp³-hybridized carbons (Fsp3) is 0.562. The second-order valence-corrected chi connectivity index (χ2v) is 6.66. The van der Waals surface area contributed by atoms with Gasteiger partial charge in [-0.3, -0.25) is 4.79 Å². The lowest BCUT2D eigenvalue weighted by molar-refractivity contribution is -0.127. The van der Waals surface area contributed by atoms with Gasteiger partial charge in [-0.15, -0.1) is 24.2 Å². The normalized spacial score (nSPS) is 11.9. The van der Waals surface area contributed by atoms with E-state index in [0.717, 1.165) is 17.9 Å². The number of amides is 1. The third-order valence-corrected chi connectivity index (χ3v) is 4.46. The lowest BCUT2D eigenvalue weighted by Gasteiger charge is -2.21. The molecular weight excluding hydrogens is 304 g/mol. The van der Waals surface area contributed by atoms with Gasteiger partial charge in [0, 0.05) is 24.5 Å². The predicted molar refractivity (Wildman–Crippen MR) is 94.2 cm³/mol. The molecule has 0 radical (unpaired) electrons. The zero-order valence-corrected chi connectivity index (χ0v) is 15.0. The number of halogens is 1. The van der Waals surface area contributed by atoms with Gasteiger partial charge in [-0.2, -0.15) is 0 Å². The Kier molecular flexibility index (Phi) is 9.75. The summed E-state index contributed by atoms with van der Waals surface area (Å²) in [7, 11) is 1.85. The fourth-order valence-corrected chi connectivity index (χ4v) is 2.53. The third-order valence-electron chi connectivity index (χ3n) is 3.46. The van der Waals surface area contributed by atoms with Gasteiger partial charge in [0.1, 0.15) is 0 Å². The molecule has 2 N–H and O–H groups in total. The number of nitrogens with zero attached hydrogens (tertiary/aromatic N) is 1. The van der Waals surface area contributed by atoms with E-state index in [9.17, 15) is 4.79 Å². The lowest BCUT2D eigenvalue weighted by Crippen LogP contribution is -2.35. The number of aryl methyl sites for hydroxylation is 1. The molecule has 0 aliphatic rings. The molecule has 0 saturated carbocycles. The summed E-state index contributed by atoms with van der Waals surface area (Å²) in [6.07, 6.45) is 0.856. The molecule has 0 heterocycles. The number of rotatable bonds is 7. The Bertz CT molecular complexity index is 423. The van der Waals surface area contributed by atoms with Crippen LogP contribution in [0, 0.1) is 12.8 Å². The van der Waals surface area contributed by atoms with Gasteiger partial charge in [0.05, 0.1) is 5.75 Å². The second kappa shape index (κ2) is 10.1. The third kappa shape index (κ3) is 7.74. The first-order valence-electron chi connectivity index (χ1n) is 7.09. The molecule has 0 aromatic heterocycles. The van der Waals surface area contributed by atoms with Crippen molar-refractivity contribution in [3.8, 4) is 0 Å². The smallest absolute Gasteiger partial charge is 0.232 e. The average molecular weight is 331 g/mol. The van der Waals surface area contributed by atoms with Crippen LogP contribution in [-0.2, 0) is 4.79 Å². The van der Waals surface area contributed by atoms with Crippen LogP contribution in [0.1, 0.15) is 25.8 Å². The summed E-state index contributed by atoms with van der Waals surface area (Å²) in [6.45, 7) is 7.01. The topological polar surface area (TPSA) is 46.3 Å². The maximum absolute atomic E-state index is 12.0. The van der Waals surface area contributed by atoms with Crippen molar-refractivity contribution in [3.63, 3.8) is 0 Å². The van der Waals surface area contributed by atoms with Crippen molar-refractivity contribution in [1.29, 1.82) is 0 Å². The monoisotopic (exact) mass is 330 g/mol. The van der Waals surface area contributed by atoms with Crippen LogP contribution in [0.5, 0.6) is 0 Å². The minimum Gasteiger partial charge on any atom is -0.345 e. The number of benzene rings is 1. The maximum Gasteiger partial charge on any atom is 0.232 e. The van der Waals surface area contributed by atoms with Gasteiger partial charge in [0.2, 0.25) is 5.91 Å². The van der Waals surface area contributed by atoms with Crippen LogP contribution in [0.25, 0.3) is 0 Å². The summed E-state index contributed by atoms with van der Waals surface area (Å²) in [5.74, 6) is 1.10. The van der Waals surface area contributed by atoms with E-state index in [0.29, 0.717) is 11.7 Å². The van der Waals surface area contributed by atoms with E-state index >= 15 is 0 Å². The van der Waals surface area contributed by atoms with Gasteiger partial charge < -0.3 is 10.6 Å². The van der Waals surface area contributed by atoms with Gasteiger partial charge in [0.25, 0.3) is 0 Å². The van der Waals surface area contributed by atoms with Crippen LogP contribution in [-0.4, -0.2) is 36.2 Å². The summed E-state index contributed by atoms with van der Waals surface area (Å²) in [6, 6.07) is 8.41. The quantitative estimate of drug-likeness (QED) is 0.780. The molecule has 1 amide bonds. The first kappa shape index (κ1) is 20.3. The van der Waals surface area contributed by atoms with Crippen molar-refractivity contribution >= 4 is 30.1 Å². The number of nitrogens with two attached hydrogens (primary N) is 1. The van der Waals surface area contributed by atoms with E-state index in [-0.39, 0.29) is 24.4 Å². The SMILES string of the molecule is Cc1ccc(SCC(=O)N(C)CCC(N)C(C)C)cc1.Cl. The van der Waals surface area contributed by atoms with Crippen molar-refractivity contribution < 1.29 is 4.79 Å². The molecular formula is C16H27ClN2OS. The Hall–Kier alpha value is -0.710. The van der Waals surface area contributed by atoms with Crippen molar-refractivity contribution in [1.82, 2.24) is 4.90 Å². The van der Waals surface area contributed by atoms with Crippen molar-refractivity contribution in [2.75, 3.05) is 19.3 Å². The molecule has 1 atom stereocenters. The number of thioether (sulfide) groups is 1. The molecule has 0 bridgehead atoms. The molecule has 21 heavy (non-hydrogen) atoms. The van der Waals surface area contributed by atoms with Crippen molar-refractivity contribution in [2.45, 2.75) is 38.1 Å². The minimum absolute atomic E-state index is 0. The molecule has 0 fully saturated rings. The molecule has 0 spiro atoms. The predicted octanol–water partition coefficient (Wildman–Crippen LogP) is 3.34. The zero-order chi connectivity index (χ0) is 15.1. The summed E-state index contributed by atoms with van der Waals surface area (Å²) in [5, 5.41) is 0. The Balaban J connectivity index is 0.00000400. The number of hydrogen-bond donors (Lipinski definition) is 1. The number of hydrogen-bond acceptors (Lipinski definition) is 3.